The van der Waals surface area contributed by atoms with Crippen LogP contribution in [0, 0.1) is 0 Å². The molecule has 0 radical (unpaired) electrons. The summed E-state index contributed by atoms with van der Waals surface area (Å²) in [5.41, 5.74) is 7.09. The Labute approximate surface area is 163 Å². The second-order valence-electron chi connectivity index (χ2n) is 7.30. The molecule has 1 aliphatic carbocycles. The van der Waals surface area contributed by atoms with Gasteiger partial charge in [0.05, 0.1) is 11.8 Å². The van der Waals surface area contributed by atoms with Crippen molar-refractivity contribution in [1.82, 2.24) is 5.32 Å². The zero-order valence-electron chi connectivity index (χ0n) is 15.4. The van der Waals surface area contributed by atoms with Gasteiger partial charge in [-0.2, -0.15) is 0 Å². The summed E-state index contributed by atoms with van der Waals surface area (Å²) in [6.07, 6.45) is 8.20. The maximum Gasteiger partial charge on any atom is 0.236 e. The van der Waals surface area contributed by atoms with Crippen LogP contribution in [-0.2, 0) is 20.0 Å². The zero-order chi connectivity index (χ0) is 18.3. The molecular weight excluding hydrogens is 372 g/mol. The number of rotatable bonds is 7. The van der Waals surface area contributed by atoms with Crippen molar-refractivity contribution in [3.8, 4) is 0 Å². The number of hydrogen-bond donors (Lipinski definition) is 2. The van der Waals surface area contributed by atoms with Crippen LogP contribution >= 0.6 is 12.4 Å². The highest BCUT2D eigenvalue weighted by atomic mass is 35.5. The first-order valence-corrected chi connectivity index (χ1v) is 11.2. The number of halogens is 1. The Morgan fingerprint density at radius 1 is 1.15 bits per heavy atom. The molecular formula is C19H31ClN2O3S. The average Bonchev–Trinajstić information content (AvgIpc) is 2.84. The van der Waals surface area contributed by atoms with Gasteiger partial charge in [0, 0.05) is 18.2 Å². The van der Waals surface area contributed by atoms with Gasteiger partial charge in [0.25, 0.3) is 0 Å². The number of nitrogens with one attached hydrogen (secondary N) is 1. The molecule has 0 spiro atoms. The van der Waals surface area contributed by atoms with Crippen LogP contribution < -0.4 is 11.1 Å². The fourth-order valence-corrected chi connectivity index (χ4v) is 4.31. The first-order chi connectivity index (χ1) is 11.8. The van der Waals surface area contributed by atoms with Crippen molar-refractivity contribution in [1.29, 1.82) is 0 Å². The van der Waals surface area contributed by atoms with Crippen molar-refractivity contribution >= 4 is 28.2 Å². The van der Waals surface area contributed by atoms with Crippen LogP contribution in [-0.4, -0.2) is 38.9 Å². The van der Waals surface area contributed by atoms with Gasteiger partial charge in [0.15, 0.2) is 0 Å². The molecule has 7 heteroatoms. The molecule has 3 N–H and O–H groups in total. The van der Waals surface area contributed by atoms with E-state index in [0.29, 0.717) is 6.54 Å². The molecule has 0 heterocycles. The van der Waals surface area contributed by atoms with Crippen molar-refractivity contribution in [3.05, 3.63) is 35.9 Å². The normalized spacial score (nSPS) is 18.2. The van der Waals surface area contributed by atoms with Crippen LogP contribution in [0.4, 0.5) is 0 Å². The van der Waals surface area contributed by atoms with Crippen LogP contribution in [0.1, 0.15) is 50.5 Å². The second kappa shape index (κ2) is 10.3. The lowest BCUT2D eigenvalue weighted by Crippen LogP contribution is -2.47. The highest BCUT2D eigenvalue weighted by molar-refractivity contribution is 7.90. The van der Waals surface area contributed by atoms with E-state index in [4.69, 9.17) is 5.73 Å². The van der Waals surface area contributed by atoms with Crippen LogP contribution in [0.5, 0.6) is 0 Å². The third kappa shape index (κ3) is 6.89. The number of nitrogens with two attached hydrogens (primary N) is 1. The van der Waals surface area contributed by atoms with Gasteiger partial charge < -0.3 is 11.1 Å². The largest absolute Gasteiger partial charge is 0.354 e. The summed E-state index contributed by atoms with van der Waals surface area (Å²) in [5, 5.41) is 3.00. The van der Waals surface area contributed by atoms with Gasteiger partial charge >= 0.3 is 0 Å². The van der Waals surface area contributed by atoms with E-state index in [2.05, 4.69) is 17.4 Å². The third-order valence-electron chi connectivity index (χ3n) is 5.18. The van der Waals surface area contributed by atoms with Crippen molar-refractivity contribution in [2.24, 2.45) is 5.73 Å². The second-order valence-corrected chi connectivity index (χ2v) is 9.56. The Bertz CT molecular complexity index is 657. The highest BCUT2D eigenvalue weighted by Crippen LogP contribution is 2.37. The lowest BCUT2D eigenvalue weighted by Gasteiger charge is -2.34. The van der Waals surface area contributed by atoms with E-state index < -0.39 is 15.9 Å². The molecule has 148 valence electrons. The minimum Gasteiger partial charge on any atom is -0.354 e. The predicted molar refractivity (Wildman–Crippen MR) is 108 cm³/mol. The summed E-state index contributed by atoms with van der Waals surface area (Å²) < 4.78 is 22.5. The van der Waals surface area contributed by atoms with Gasteiger partial charge in [-0.05, 0) is 24.8 Å². The molecule has 1 aliphatic rings. The molecule has 0 aromatic heterocycles. The summed E-state index contributed by atoms with van der Waals surface area (Å²) >= 11 is 0. The monoisotopic (exact) mass is 402 g/mol. The van der Waals surface area contributed by atoms with E-state index >= 15 is 0 Å². The van der Waals surface area contributed by atoms with Crippen LogP contribution in [0.15, 0.2) is 30.3 Å². The maximum absolute atomic E-state index is 12.3. The molecule has 26 heavy (non-hydrogen) atoms. The average molecular weight is 403 g/mol. The van der Waals surface area contributed by atoms with Gasteiger partial charge in [-0.15, -0.1) is 12.4 Å². The number of amides is 1. The molecule has 1 fully saturated rings. The summed E-state index contributed by atoms with van der Waals surface area (Å²) in [7, 11) is -3.11. The van der Waals surface area contributed by atoms with Crippen molar-refractivity contribution in [2.75, 3.05) is 18.6 Å². The molecule has 0 bridgehead atoms. The molecule has 1 atom stereocenters. The maximum atomic E-state index is 12.3. The van der Waals surface area contributed by atoms with E-state index in [0.717, 1.165) is 31.9 Å². The first kappa shape index (κ1) is 22.9. The SMILES string of the molecule is CS(=O)(=O)CCC(N)C(=O)NCC1(c2ccccc2)CCCCCC1.Cl. The van der Waals surface area contributed by atoms with E-state index in [-0.39, 0.29) is 35.9 Å². The van der Waals surface area contributed by atoms with E-state index in [9.17, 15) is 13.2 Å². The van der Waals surface area contributed by atoms with Crippen LogP contribution in [0.2, 0.25) is 0 Å². The van der Waals surface area contributed by atoms with Crippen molar-refractivity contribution in [2.45, 2.75) is 56.4 Å². The van der Waals surface area contributed by atoms with Gasteiger partial charge in [-0.1, -0.05) is 56.0 Å². The number of sulfone groups is 1. The fraction of sp³-hybridized carbons (Fsp3) is 0.632. The van der Waals surface area contributed by atoms with Crippen molar-refractivity contribution < 1.29 is 13.2 Å². The van der Waals surface area contributed by atoms with Gasteiger partial charge in [-0.3, -0.25) is 4.79 Å². The van der Waals surface area contributed by atoms with E-state index in [1.807, 2.05) is 18.2 Å². The van der Waals surface area contributed by atoms with Gasteiger partial charge in [0.1, 0.15) is 9.84 Å². The van der Waals surface area contributed by atoms with Crippen molar-refractivity contribution in [3.63, 3.8) is 0 Å². The molecule has 1 aromatic rings. The zero-order valence-corrected chi connectivity index (χ0v) is 17.1. The summed E-state index contributed by atoms with van der Waals surface area (Å²) in [6.45, 7) is 0.558. The molecule has 1 amide bonds. The number of carbonyl (C=O) groups excluding carboxylic acids is 1. The molecule has 0 saturated heterocycles. The molecule has 0 aliphatic heterocycles. The standard InChI is InChI=1S/C19H30N2O3S.ClH/c1-25(23,24)14-11-17(20)18(22)21-15-19(12-7-2-3-8-13-19)16-9-5-4-6-10-16;/h4-6,9-10,17H,2-3,7-8,11-15,20H2,1H3,(H,21,22);1H. The Morgan fingerprint density at radius 2 is 1.73 bits per heavy atom. The number of benzene rings is 1. The topological polar surface area (TPSA) is 89.3 Å². The Kier molecular flexibility index (Phi) is 9.07. The Morgan fingerprint density at radius 3 is 2.27 bits per heavy atom. The Balaban J connectivity index is 0.00000338. The molecule has 5 nitrogen and oxygen atoms in total. The summed E-state index contributed by atoms with van der Waals surface area (Å²) in [5.74, 6) is -0.325. The van der Waals surface area contributed by atoms with Crippen LogP contribution in [0.25, 0.3) is 0 Å². The Hall–Kier alpha value is -1.11. The van der Waals surface area contributed by atoms with Crippen LogP contribution in [0.3, 0.4) is 0 Å². The van der Waals surface area contributed by atoms with Gasteiger partial charge in [-0.25, -0.2) is 8.42 Å². The van der Waals surface area contributed by atoms with E-state index in [1.54, 1.807) is 0 Å². The fourth-order valence-electron chi connectivity index (χ4n) is 3.62. The molecule has 1 saturated carbocycles. The minimum absolute atomic E-state index is 0. The first-order valence-electron chi connectivity index (χ1n) is 9.09. The predicted octanol–water partition coefficient (Wildman–Crippen LogP) is 2.58. The lowest BCUT2D eigenvalue weighted by molar-refractivity contribution is -0.122. The number of carbonyl (C=O) groups is 1. The highest BCUT2D eigenvalue weighted by Gasteiger charge is 2.33. The van der Waals surface area contributed by atoms with Gasteiger partial charge in [0.2, 0.25) is 5.91 Å². The third-order valence-corrected chi connectivity index (χ3v) is 6.16. The smallest absolute Gasteiger partial charge is 0.236 e. The molecule has 1 unspecified atom stereocenters. The summed E-state index contributed by atoms with van der Waals surface area (Å²) in [6, 6.07) is 9.59. The summed E-state index contributed by atoms with van der Waals surface area (Å²) in [4.78, 5) is 12.3. The number of hydrogen-bond acceptors (Lipinski definition) is 4. The molecule has 1 aromatic carbocycles. The van der Waals surface area contributed by atoms with E-state index in [1.165, 1.54) is 18.4 Å². The minimum atomic E-state index is -3.11. The quantitative estimate of drug-likeness (QED) is 0.686. The molecule has 2 rings (SSSR count). The lowest BCUT2D eigenvalue weighted by atomic mass is 9.74.